The predicted octanol–water partition coefficient (Wildman–Crippen LogP) is 3.82. The Morgan fingerprint density at radius 1 is 0.967 bits per heavy atom. The molecule has 158 valence electrons. The molecule has 1 aliphatic heterocycles. The van der Waals surface area contributed by atoms with Crippen LogP contribution < -0.4 is 14.8 Å². The van der Waals surface area contributed by atoms with Crippen molar-refractivity contribution in [3.63, 3.8) is 0 Å². The van der Waals surface area contributed by atoms with Gasteiger partial charge < -0.3 is 19.7 Å². The number of anilines is 1. The molecule has 7 nitrogen and oxygen atoms in total. The van der Waals surface area contributed by atoms with E-state index in [4.69, 9.17) is 32.7 Å². The highest BCUT2D eigenvalue weighted by Gasteiger charge is 2.18. The summed E-state index contributed by atoms with van der Waals surface area (Å²) < 4.78 is 10.9. The number of fused-ring (bicyclic) bond motifs is 1. The fraction of sp³-hybridized carbons (Fsp3) is 0.286. The maximum Gasteiger partial charge on any atom is 0.243 e. The summed E-state index contributed by atoms with van der Waals surface area (Å²) in [5.41, 5.74) is 0.927. The van der Waals surface area contributed by atoms with E-state index < -0.39 is 0 Å². The van der Waals surface area contributed by atoms with Gasteiger partial charge in [-0.25, -0.2) is 0 Å². The second kappa shape index (κ2) is 9.82. The normalized spacial score (nSPS) is 12.2. The largest absolute Gasteiger partial charge is 0.486 e. The van der Waals surface area contributed by atoms with Crippen LogP contribution in [0.25, 0.3) is 0 Å². The molecule has 3 rings (SSSR count). The summed E-state index contributed by atoms with van der Waals surface area (Å²) in [4.78, 5) is 38.1. The van der Waals surface area contributed by atoms with Crippen molar-refractivity contribution >= 4 is 46.5 Å². The Bertz CT molecular complexity index is 980. The average Bonchev–Trinajstić information content (AvgIpc) is 2.73. The van der Waals surface area contributed by atoms with E-state index in [0.717, 1.165) is 0 Å². The van der Waals surface area contributed by atoms with Crippen LogP contribution in [-0.2, 0) is 9.59 Å². The molecule has 1 N–H and O–H groups in total. The van der Waals surface area contributed by atoms with Crippen LogP contribution >= 0.6 is 23.2 Å². The molecule has 2 aromatic carbocycles. The average molecular weight is 451 g/mol. The fourth-order valence-electron chi connectivity index (χ4n) is 2.85. The van der Waals surface area contributed by atoms with Crippen molar-refractivity contribution in [2.24, 2.45) is 0 Å². The maximum absolute atomic E-state index is 12.4. The monoisotopic (exact) mass is 450 g/mol. The molecular weight excluding hydrogens is 431 g/mol. The summed E-state index contributed by atoms with van der Waals surface area (Å²) >= 11 is 11.8. The summed E-state index contributed by atoms with van der Waals surface area (Å²) in [6, 6.07) is 9.65. The Balaban J connectivity index is 1.48. The van der Waals surface area contributed by atoms with E-state index in [0.29, 0.717) is 46.0 Å². The first-order valence-corrected chi connectivity index (χ1v) is 10.0. The van der Waals surface area contributed by atoms with Crippen LogP contribution in [0.1, 0.15) is 23.2 Å². The van der Waals surface area contributed by atoms with E-state index in [1.54, 1.807) is 30.3 Å². The molecule has 1 heterocycles. The zero-order chi connectivity index (χ0) is 21.7. The number of ketones is 1. The number of halogens is 2. The first-order chi connectivity index (χ1) is 14.3. The molecule has 0 spiro atoms. The van der Waals surface area contributed by atoms with Crippen LogP contribution in [0.3, 0.4) is 0 Å². The number of hydrogen-bond acceptors (Lipinski definition) is 5. The van der Waals surface area contributed by atoms with E-state index in [9.17, 15) is 14.4 Å². The molecule has 0 saturated carbocycles. The van der Waals surface area contributed by atoms with Crippen LogP contribution in [0.15, 0.2) is 36.4 Å². The highest BCUT2D eigenvalue weighted by atomic mass is 35.5. The summed E-state index contributed by atoms with van der Waals surface area (Å²) in [6.45, 7) is 0.745. The molecule has 0 atom stereocenters. The van der Waals surface area contributed by atoms with Gasteiger partial charge in [-0.3, -0.25) is 14.4 Å². The van der Waals surface area contributed by atoms with Crippen LogP contribution in [0.2, 0.25) is 10.0 Å². The highest BCUT2D eigenvalue weighted by Crippen LogP contribution is 2.31. The number of nitrogens with one attached hydrogen (secondary N) is 1. The van der Waals surface area contributed by atoms with Crippen LogP contribution in [0, 0.1) is 0 Å². The molecule has 0 unspecified atom stereocenters. The van der Waals surface area contributed by atoms with Gasteiger partial charge in [0.2, 0.25) is 11.8 Å². The first kappa shape index (κ1) is 21.9. The van der Waals surface area contributed by atoms with E-state index >= 15 is 0 Å². The Hall–Kier alpha value is -2.77. The number of ether oxygens (including phenoxy) is 2. The van der Waals surface area contributed by atoms with E-state index in [2.05, 4.69) is 5.32 Å². The molecule has 2 amide bonds. The summed E-state index contributed by atoms with van der Waals surface area (Å²) in [6.07, 6.45) is 0.0149. The Morgan fingerprint density at radius 3 is 2.43 bits per heavy atom. The van der Waals surface area contributed by atoms with Crippen LogP contribution in [0.4, 0.5) is 5.69 Å². The number of amides is 2. The molecule has 1 aliphatic rings. The van der Waals surface area contributed by atoms with Crippen molar-refractivity contribution in [1.29, 1.82) is 0 Å². The number of rotatable bonds is 7. The smallest absolute Gasteiger partial charge is 0.243 e. The van der Waals surface area contributed by atoms with Gasteiger partial charge in [0.15, 0.2) is 17.3 Å². The van der Waals surface area contributed by atoms with Crippen molar-refractivity contribution in [3.8, 4) is 11.5 Å². The highest BCUT2D eigenvalue weighted by molar-refractivity contribution is 6.42. The van der Waals surface area contributed by atoms with Gasteiger partial charge in [0.1, 0.15) is 13.2 Å². The number of benzene rings is 2. The number of likely N-dealkylation sites (N-methyl/N-ethyl adjacent to an activating group) is 1. The summed E-state index contributed by atoms with van der Waals surface area (Å²) in [5, 5.41) is 3.34. The lowest BCUT2D eigenvalue weighted by Gasteiger charge is -2.19. The quantitative estimate of drug-likeness (QED) is 0.647. The molecule has 9 heteroatoms. The van der Waals surface area contributed by atoms with Gasteiger partial charge in [-0.2, -0.15) is 0 Å². The Morgan fingerprint density at radius 2 is 1.70 bits per heavy atom. The standard InChI is InChI=1S/C21H20Cl2N2O5/c1-25(12-20(27)24-14-3-4-15(22)16(23)11-14)21(28)7-5-17(26)13-2-6-18-19(10-13)30-9-8-29-18/h2-4,6,10-11H,5,7-9,12H2,1H3,(H,24,27). The molecule has 0 radical (unpaired) electrons. The lowest BCUT2D eigenvalue weighted by molar-refractivity contribution is -0.133. The molecule has 2 aromatic rings. The van der Waals surface area contributed by atoms with Crippen molar-refractivity contribution in [2.75, 3.05) is 32.1 Å². The number of carbonyl (C=O) groups excluding carboxylic acids is 3. The Kier molecular flexibility index (Phi) is 7.18. The fourth-order valence-corrected chi connectivity index (χ4v) is 3.15. The third kappa shape index (κ3) is 5.64. The van der Waals surface area contributed by atoms with Gasteiger partial charge in [0.05, 0.1) is 16.6 Å². The van der Waals surface area contributed by atoms with Crippen molar-refractivity contribution < 1.29 is 23.9 Å². The maximum atomic E-state index is 12.4. The summed E-state index contributed by atoms with van der Waals surface area (Å²) in [7, 11) is 1.51. The first-order valence-electron chi connectivity index (χ1n) is 9.25. The van der Waals surface area contributed by atoms with Crippen LogP contribution in [0.5, 0.6) is 11.5 Å². The molecular formula is C21H20Cl2N2O5. The van der Waals surface area contributed by atoms with Gasteiger partial charge in [-0.15, -0.1) is 0 Å². The minimum Gasteiger partial charge on any atom is -0.486 e. The number of hydrogen-bond donors (Lipinski definition) is 1. The SMILES string of the molecule is CN(CC(=O)Nc1ccc(Cl)c(Cl)c1)C(=O)CCC(=O)c1ccc2c(c1)OCCO2. The minimum atomic E-state index is -0.387. The van der Waals surface area contributed by atoms with Crippen LogP contribution in [-0.4, -0.2) is 49.3 Å². The van der Waals surface area contributed by atoms with E-state index in [1.807, 2.05) is 0 Å². The second-order valence-corrected chi connectivity index (χ2v) is 7.52. The topological polar surface area (TPSA) is 84.9 Å². The van der Waals surface area contributed by atoms with Gasteiger partial charge in [-0.1, -0.05) is 23.2 Å². The van der Waals surface area contributed by atoms with Gasteiger partial charge in [-0.05, 0) is 36.4 Å². The minimum absolute atomic E-state index is 0.0101. The Labute approximate surface area is 183 Å². The second-order valence-electron chi connectivity index (χ2n) is 6.71. The molecule has 0 fully saturated rings. The number of carbonyl (C=O) groups is 3. The molecule has 0 aromatic heterocycles. The zero-order valence-corrected chi connectivity index (χ0v) is 17.8. The third-order valence-corrected chi connectivity index (χ3v) is 5.18. The molecule has 0 saturated heterocycles. The van der Waals surface area contributed by atoms with Gasteiger partial charge in [0, 0.05) is 31.1 Å². The lowest BCUT2D eigenvalue weighted by atomic mass is 10.1. The lowest BCUT2D eigenvalue weighted by Crippen LogP contribution is -2.35. The number of Topliss-reactive ketones (excluding diaryl/α,β-unsaturated/α-hetero) is 1. The van der Waals surface area contributed by atoms with E-state index in [-0.39, 0.29) is 37.0 Å². The molecule has 30 heavy (non-hydrogen) atoms. The zero-order valence-electron chi connectivity index (χ0n) is 16.2. The molecule has 0 bridgehead atoms. The van der Waals surface area contributed by atoms with Crippen molar-refractivity contribution in [3.05, 3.63) is 52.0 Å². The van der Waals surface area contributed by atoms with Crippen molar-refractivity contribution in [1.82, 2.24) is 4.90 Å². The number of nitrogens with zero attached hydrogens (tertiary/aromatic N) is 1. The van der Waals surface area contributed by atoms with Gasteiger partial charge in [0.25, 0.3) is 0 Å². The van der Waals surface area contributed by atoms with Crippen molar-refractivity contribution in [2.45, 2.75) is 12.8 Å². The molecule has 0 aliphatic carbocycles. The van der Waals surface area contributed by atoms with Gasteiger partial charge >= 0.3 is 0 Å². The third-order valence-electron chi connectivity index (χ3n) is 4.44. The summed E-state index contributed by atoms with van der Waals surface area (Å²) in [5.74, 6) is 0.234. The van der Waals surface area contributed by atoms with E-state index in [1.165, 1.54) is 18.0 Å². The predicted molar refractivity (Wildman–Crippen MR) is 114 cm³/mol.